The van der Waals surface area contributed by atoms with E-state index in [-0.39, 0.29) is 0 Å². The van der Waals surface area contributed by atoms with E-state index in [1.54, 1.807) is 6.20 Å². The molecule has 1 N–H and O–H groups in total. The van der Waals surface area contributed by atoms with E-state index in [4.69, 9.17) is 16.6 Å². The molecule has 0 saturated carbocycles. The molecule has 0 radical (unpaired) electrons. The van der Waals surface area contributed by atoms with Crippen LogP contribution >= 0.6 is 11.6 Å². The Morgan fingerprint density at radius 3 is 3.00 bits per heavy atom. The fourth-order valence-electron chi connectivity index (χ4n) is 3.63. The van der Waals surface area contributed by atoms with Gasteiger partial charge in [0.25, 0.3) is 0 Å². The molecule has 6 heteroatoms. The number of nitrogens with one attached hydrogen (secondary N) is 1. The van der Waals surface area contributed by atoms with Crippen molar-refractivity contribution in [3.8, 4) is 11.5 Å². The number of nitrogens with zero attached hydrogens (tertiary/aromatic N) is 4. The van der Waals surface area contributed by atoms with Crippen LogP contribution in [-0.2, 0) is 19.5 Å². The highest BCUT2D eigenvalue weighted by Crippen LogP contribution is 2.26. The van der Waals surface area contributed by atoms with E-state index in [1.807, 2.05) is 42.6 Å². The van der Waals surface area contributed by atoms with Crippen LogP contribution in [0.25, 0.3) is 22.4 Å². The van der Waals surface area contributed by atoms with Crippen molar-refractivity contribution in [1.82, 2.24) is 24.8 Å². The number of aromatic nitrogens is 4. The highest BCUT2D eigenvalue weighted by molar-refractivity contribution is 6.31. The van der Waals surface area contributed by atoms with Crippen LogP contribution in [0, 0.1) is 0 Å². The first kappa shape index (κ1) is 16.4. The number of hydrogen-bond acceptors (Lipinski definition) is 4. The highest BCUT2D eigenvalue weighted by Gasteiger charge is 2.20. The van der Waals surface area contributed by atoms with Crippen LogP contribution in [0.4, 0.5) is 0 Å². The minimum absolute atomic E-state index is 0.690. The van der Waals surface area contributed by atoms with E-state index in [0.29, 0.717) is 5.82 Å². The standard InChI is InChI=1S/C21H18ClN5/c22-16-4-5-18-17(9-16)15(11-24-18)12-27-8-6-14-10-25-21(26-20(14)13-27)19-3-1-2-7-23-19/h1-5,7,9-11,24H,6,8,12-13H2. The fourth-order valence-corrected chi connectivity index (χ4v) is 3.81. The first-order valence-electron chi connectivity index (χ1n) is 9.00. The minimum atomic E-state index is 0.690. The molecule has 4 heterocycles. The Morgan fingerprint density at radius 2 is 2.11 bits per heavy atom. The maximum absolute atomic E-state index is 6.18. The van der Waals surface area contributed by atoms with Crippen molar-refractivity contribution in [1.29, 1.82) is 0 Å². The molecule has 0 saturated heterocycles. The van der Waals surface area contributed by atoms with Crippen LogP contribution in [-0.4, -0.2) is 31.4 Å². The summed E-state index contributed by atoms with van der Waals surface area (Å²) in [6.07, 6.45) is 6.76. The largest absolute Gasteiger partial charge is 0.361 e. The number of halogens is 1. The van der Waals surface area contributed by atoms with Crippen molar-refractivity contribution in [3.05, 3.63) is 76.8 Å². The number of aromatic amines is 1. The van der Waals surface area contributed by atoms with Gasteiger partial charge in [0.05, 0.1) is 5.69 Å². The summed E-state index contributed by atoms with van der Waals surface area (Å²) in [5, 5.41) is 1.95. The van der Waals surface area contributed by atoms with E-state index < -0.39 is 0 Å². The number of pyridine rings is 1. The van der Waals surface area contributed by atoms with Crippen molar-refractivity contribution in [3.63, 3.8) is 0 Å². The Bertz CT molecular complexity index is 1110. The summed E-state index contributed by atoms with van der Waals surface area (Å²) in [5.74, 6) is 0.690. The van der Waals surface area contributed by atoms with Gasteiger partial charge >= 0.3 is 0 Å². The summed E-state index contributed by atoms with van der Waals surface area (Å²) < 4.78 is 0. The van der Waals surface area contributed by atoms with Crippen LogP contribution in [0.1, 0.15) is 16.8 Å². The van der Waals surface area contributed by atoms with Gasteiger partial charge in [-0.25, -0.2) is 9.97 Å². The van der Waals surface area contributed by atoms with E-state index >= 15 is 0 Å². The van der Waals surface area contributed by atoms with E-state index in [2.05, 4.69) is 26.0 Å². The molecule has 1 aliphatic heterocycles. The molecule has 4 aromatic rings. The Hall–Kier alpha value is -2.76. The molecule has 0 fully saturated rings. The topological polar surface area (TPSA) is 57.7 Å². The number of hydrogen-bond donors (Lipinski definition) is 1. The second-order valence-electron chi connectivity index (χ2n) is 6.84. The first-order valence-corrected chi connectivity index (χ1v) is 9.38. The van der Waals surface area contributed by atoms with Gasteiger partial charge in [-0.1, -0.05) is 17.7 Å². The third kappa shape index (κ3) is 3.20. The molecule has 1 aromatic carbocycles. The van der Waals surface area contributed by atoms with Gasteiger partial charge in [-0.3, -0.25) is 9.88 Å². The average Bonchev–Trinajstić information content (AvgIpc) is 3.10. The van der Waals surface area contributed by atoms with Crippen LogP contribution < -0.4 is 0 Å². The molecule has 1 aliphatic rings. The molecule has 0 amide bonds. The predicted octanol–water partition coefficient (Wildman–Crippen LogP) is 4.23. The number of benzene rings is 1. The number of rotatable bonds is 3. The lowest BCUT2D eigenvalue weighted by Crippen LogP contribution is -2.31. The highest BCUT2D eigenvalue weighted by atomic mass is 35.5. The summed E-state index contributed by atoms with van der Waals surface area (Å²) in [6.45, 7) is 2.67. The quantitative estimate of drug-likeness (QED) is 0.582. The van der Waals surface area contributed by atoms with Crippen molar-refractivity contribution in [2.45, 2.75) is 19.5 Å². The maximum atomic E-state index is 6.18. The van der Waals surface area contributed by atoms with Crippen LogP contribution in [0.3, 0.4) is 0 Å². The van der Waals surface area contributed by atoms with Crippen LogP contribution in [0.15, 0.2) is 55.0 Å². The van der Waals surface area contributed by atoms with Gasteiger partial charge in [0.15, 0.2) is 5.82 Å². The van der Waals surface area contributed by atoms with Gasteiger partial charge in [-0.2, -0.15) is 0 Å². The van der Waals surface area contributed by atoms with Gasteiger partial charge in [0.1, 0.15) is 5.69 Å². The van der Waals surface area contributed by atoms with Gasteiger partial charge in [0.2, 0.25) is 0 Å². The zero-order valence-electron chi connectivity index (χ0n) is 14.7. The molecule has 0 atom stereocenters. The van der Waals surface area contributed by atoms with Crippen molar-refractivity contribution in [2.75, 3.05) is 6.54 Å². The van der Waals surface area contributed by atoms with E-state index in [0.717, 1.165) is 48.0 Å². The monoisotopic (exact) mass is 375 g/mol. The third-order valence-electron chi connectivity index (χ3n) is 5.04. The fraction of sp³-hybridized carbons (Fsp3) is 0.190. The molecule has 0 bridgehead atoms. The number of fused-ring (bicyclic) bond motifs is 2. The average molecular weight is 376 g/mol. The zero-order valence-corrected chi connectivity index (χ0v) is 15.4. The Morgan fingerprint density at radius 1 is 1.15 bits per heavy atom. The summed E-state index contributed by atoms with van der Waals surface area (Å²) in [5.41, 5.74) is 5.51. The van der Waals surface area contributed by atoms with Crippen molar-refractivity contribution >= 4 is 22.5 Å². The van der Waals surface area contributed by atoms with Gasteiger partial charge < -0.3 is 4.98 Å². The summed E-state index contributed by atoms with van der Waals surface area (Å²) >= 11 is 6.18. The minimum Gasteiger partial charge on any atom is -0.361 e. The van der Waals surface area contributed by atoms with E-state index in [1.165, 1.54) is 16.5 Å². The summed E-state index contributed by atoms with van der Waals surface area (Å²) in [6, 6.07) is 11.8. The molecule has 134 valence electrons. The zero-order chi connectivity index (χ0) is 18.2. The van der Waals surface area contributed by atoms with Crippen molar-refractivity contribution in [2.24, 2.45) is 0 Å². The molecule has 0 unspecified atom stereocenters. The SMILES string of the molecule is Clc1ccc2[nH]cc(CN3CCc4cnc(-c5ccccn5)nc4C3)c2c1. The van der Waals surface area contributed by atoms with Gasteiger partial charge in [-0.05, 0) is 47.9 Å². The van der Waals surface area contributed by atoms with Crippen LogP contribution in [0.5, 0.6) is 0 Å². The Balaban J connectivity index is 1.41. The molecule has 5 nitrogen and oxygen atoms in total. The molecule has 0 aliphatic carbocycles. The summed E-state index contributed by atoms with van der Waals surface area (Å²) in [7, 11) is 0. The molecule has 27 heavy (non-hydrogen) atoms. The lowest BCUT2D eigenvalue weighted by atomic mass is 10.1. The normalized spacial score (nSPS) is 14.4. The molecular weight excluding hydrogens is 358 g/mol. The second kappa shape index (κ2) is 6.76. The van der Waals surface area contributed by atoms with Crippen molar-refractivity contribution < 1.29 is 0 Å². The predicted molar refractivity (Wildman–Crippen MR) is 106 cm³/mol. The second-order valence-corrected chi connectivity index (χ2v) is 7.28. The van der Waals surface area contributed by atoms with E-state index in [9.17, 15) is 0 Å². The lowest BCUT2D eigenvalue weighted by Gasteiger charge is -2.27. The molecule has 3 aromatic heterocycles. The molecule has 0 spiro atoms. The molecule has 5 rings (SSSR count). The first-order chi connectivity index (χ1) is 13.3. The van der Waals surface area contributed by atoms with Gasteiger partial charge in [0, 0.05) is 54.2 Å². The number of H-pyrrole nitrogens is 1. The van der Waals surface area contributed by atoms with Gasteiger partial charge in [-0.15, -0.1) is 0 Å². The Labute approximate surface area is 162 Å². The lowest BCUT2D eigenvalue weighted by molar-refractivity contribution is 0.242. The Kier molecular flexibility index (Phi) is 4.11. The van der Waals surface area contributed by atoms with Crippen LogP contribution in [0.2, 0.25) is 5.02 Å². The smallest absolute Gasteiger partial charge is 0.178 e. The molecular formula is C21H18ClN5. The maximum Gasteiger partial charge on any atom is 0.178 e. The third-order valence-corrected chi connectivity index (χ3v) is 5.28. The summed E-state index contributed by atoms with van der Waals surface area (Å²) in [4.78, 5) is 19.4.